The maximum atomic E-state index is 13.4. The minimum atomic E-state index is -0.296. The highest BCUT2D eigenvalue weighted by molar-refractivity contribution is 5.56. The Morgan fingerprint density at radius 3 is 2.76 bits per heavy atom. The van der Waals surface area contributed by atoms with Gasteiger partial charge < -0.3 is 14.8 Å². The number of aliphatic hydroxyl groups excluding tert-OH is 1. The Kier molecular flexibility index (Phi) is 6.22. The molecule has 152 valence electrons. The number of hydrogen-bond donors (Lipinski definition) is 2. The number of anilines is 1. The van der Waals surface area contributed by atoms with Crippen LogP contribution in [0.4, 0.5) is 10.1 Å². The first-order valence-corrected chi connectivity index (χ1v) is 10.1. The number of rotatable bonds is 7. The summed E-state index contributed by atoms with van der Waals surface area (Å²) in [7, 11) is 0. The van der Waals surface area contributed by atoms with Crippen LogP contribution in [0.2, 0.25) is 0 Å². The molecular formula is C23H26FN3O2. The van der Waals surface area contributed by atoms with Crippen LogP contribution in [-0.2, 0) is 13.1 Å². The Hall–Kier alpha value is -2.70. The second-order valence-electron chi connectivity index (χ2n) is 7.54. The lowest BCUT2D eigenvalue weighted by molar-refractivity contribution is 0.127. The van der Waals surface area contributed by atoms with Gasteiger partial charge in [0.2, 0.25) is 5.89 Å². The second-order valence-corrected chi connectivity index (χ2v) is 7.54. The van der Waals surface area contributed by atoms with Gasteiger partial charge in [-0.3, -0.25) is 4.90 Å². The van der Waals surface area contributed by atoms with Crippen LogP contribution in [0.3, 0.4) is 0 Å². The van der Waals surface area contributed by atoms with Gasteiger partial charge in [-0.05, 0) is 55.6 Å². The van der Waals surface area contributed by atoms with Crippen molar-refractivity contribution < 1.29 is 13.9 Å². The van der Waals surface area contributed by atoms with Gasteiger partial charge in [-0.15, -0.1) is 0 Å². The van der Waals surface area contributed by atoms with Crippen LogP contribution in [0.1, 0.15) is 24.3 Å². The molecule has 6 heteroatoms. The molecule has 0 aliphatic carbocycles. The van der Waals surface area contributed by atoms with Gasteiger partial charge >= 0.3 is 0 Å². The van der Waals surface area contributed by atoms with Gasteiger partial charge in [0.05, 0.1) is 12.7 Å². The molecule has 4 rings (SSSR count). The third-order valence-corrected chi connectivity index (χ3v) is 5.47. The fraction of sp³-hybridized carbons (Fsp3) is 0.348. The molecule has 2 N–H and O–H groups in total. The first-order chi connectivity index (χ1) is 14.2. The average Bonchev–Trinajstić information content (AvgIpc) is 3.23. The number of benzene rings is 2. The summed E-state index contributed by atoms with van der Waals surface area (Å²) in [5.41, 5.74) is 2.96. The first-order valence-electron chi connectivity index (χ1n) is 10.1. The quantitative estimate of drug-likeness (QED) is 0.625. The number of likely N-dealkylation sites (tertiary alicyclic amines) is 1. The maximum absolute atomic E-state index is 13.4. The minimum absolute atomic E-state index is 0.291. The zero-order chi connectivity index (χ0) is 20.1. The van der Waals surface area contributed by atoms with Crippen molar-refractivity contribution in [3.05, 3.63) is 72.0 Å². The summed E-state index contributed by atoms with van der Waals surface area (Å²) in [6.07, 6.45) is 3.72. The van der Waals surface area contributed by atoms with Crippen molar-refractivity contribution in [2.75, 3.05) is 25.0 Å². The average molecular weight is 395 g/mol. The number of aliphatic hydroxyl groups is 1. The predicted molar refractivity (Wildman–Crippen MR) is 111 cm³/mol. The standard InChI is InChI=1S/C23H26FN3O2/c24-20-6-3-5-18(12-20)22-13-26-23(29-22)14-25-21-7-2-1-4-19(21)15-27-10-8-17(16-28)9-11-27/h1-7,12-13,17,25,28H,8-11,14-16H2. The molecule has 1 aliphatic heterocycles. The van der Waals surface area contributed by atoms with Crippen LogP contribution < -0.4 is 5.32 Å². The van der Waals surface area contributed by atoms with E-state index in [2.05, 4.69) is 27.3 Å². The lowest BCUT2D eigenvalue weighted by atomic mass is 9.97. The Morgan fingerprint density at radius 2 is 1.97 bits per heavy atom. The molecule has 0 amide bonds. The summed E-state index contributed by atoms with van der Waals surface area (Å²) in [5.74, 6) is 1.26. The summed E-state index contributed by atoms with van der Waals surface area (Å²) in [6.45, 7) is 3.65. The van der Waals surface area contributed by atoms with Gasteiger partial charge in [0, 0.05) is 24.4 Å². The molecule has 0 atom stereocenters. The molecule has 29 heavy (non-hydrogen) atoms. The summed E-state index contributed by atoms with van der Waals surface area (Å²) in [6, 6.07) is 14.6. The molecule has 0 saturated carbocycles. The van der Waals surface area contributed by atoms with Gasteiger partial charge in [-0.1, -0.05) is 30.3 Å². The van der Waals surface area contributed by atoms with Crippen molar-refractivity contribution in [2.24, 2.45) is 5.92 Å². The highest BCUT2D eigenvalue weighted by Crippen LogP contribution is 2.24. The molecule has 0 radical (unpaired) electrons. The first kappa shape index (κ1) is 19.6. The van der Waals surface area contributed by atoms with Crippen LogP contribution in [-0.4, -0.2) is 34.7 Å². The number of oxazole rings is 1. The second kappa shape index (κ2) is 9.20. The Labute approximate surface area is 170 Å². The van der Waals surface area contributed by atoms with E-state index in [-0.39, 0.29) is 5.82 Å². The highest BCUT2D eigenvalue weighted by atomic mass is 19.1. The molecule has 0 unspecified atom stereocenters. The van der Waals surface area contributed by atoms with E-state index in [0.29, 0.717) is 36.3 Å². The number of nitrogens with zero attached hydrogens (tertiary/aromatic N) is 2. The fourth-order valence-corrected chi connectivity index (χ4v) is 3.74. The lowest BCUT2D eigenvalue weighted by Crippen LogP contribution is -2.34. The third kappa shape index (κ3) is 5.02. The molecule has 1 fully saturated rings. The van der Waals surface area contributed by atoms with Crippen molar-refractivity contribution in [1.82, 2.24) is 9.88 Å². The Bertz CT molecular complexity index is 935. The number of piperidine rings is 1. The van der Waals surface area contributed by atoms with Crippen LogP contribution in [0, 0.1) is 11.7 Å². The van der Waals surface area contributed by atoms with E-state index >= 15 is 0 Å². The van der Waals surface area contributed by atoms with Crippen LogP contribution >= 0.6 is 0 Å². The van der Waals surface area contributed by atoms with Crippen molar-refractivity contribution in [3.8, 4) is 11.3 Å². The summed E-state index contributed by atoms with van der Waals surface area (Å²) >= 11 is 0. The zero-order valence-electron chi connectivity index (χ0n) is 16.4. The molecule has 1 saturated heterocycles. The number of hydrogen-bond acceptors (Lipinski definition) is 5. The van der Waals surface area contributed by atoms with Crippen LogP contribution in [0.5, 0.6) is 0 Å². The van der Waals surface area contributed by atoms with Crippen molar-refractivity contribution in [2.45, 2.75) is 25.9 Å². The van der Waals surface area contributed by atoms with E-state index in [4.69, 9.17) is 4.42 Å². The molecule has 5 nitrogen and oxygen atoms in total. The SMILES string of the molecule is OCC1CCN(Cc2ccccc2NCc2ncc(-c3cccc(F)c3)o2)CC1. The van der Waals surface area contributed by atoms with Gasteiger partial charge in [-0.2, -0.15) is 0 Å². The van der Waals surface area contributed by atoms with Gasteiger partial charge in [0.1, 0.15) is 5.82 Å². The minimum Gasteiger partial charge on any atom is -0.439 e. The third-order valence-electron chi connectivity index (χ3n) is 5.47. The lowest BCUT2D eigenvalue weighted by Gasteiger charge is -2.31. The van der Waals surface area contributed by atoms with E-state index < -0.39 is 0 Å². The molecular weight excluding hydrogens is 369 g/mol. The van der Waals surface area contributed by atoms with Crippen molar-refractivity contribution in [1.29, 1.82) is 0 Å². The van der Waals surface area contributed by atoms with Crippen LogP contribution in [0.25, 0.3) is 11.3 Å². The fourth-order valence-electron chi connectivity index (χ4n) is 3.74. The summed E-state index contributed by atoms with van der Waals surface area (Å²) in [4.78, 5) is 6.75. The molecule has 2 aromatic carbocycles. The molecule has 0 spiro atoms. The van der Waals surface area contributed by atoms with Crippen LogP contribution in [0.15, 0.2) is 59.1 Å². The van der Waals surface area contributed by atoms with E-state index in [1.54, 1.807) is 18.3 Å². The number of aromatic nitrogens is 1. The highest BCUT2D eigenvalue weighted by Gasteiger charge is 2.19. The largest absolute Gasteiger partial charge is 0.439 e. The smallest absolute Gasteiger partial charge is 0.214 e. The van der Waals surface area contributed by atoms with Gasteiger partial charge in [0.15, 0.2) is 5.76 Å². The predicted octanol–water partition coefficient (Wildman–Crippen LogP) is 4.30. The van der Waals surface area contributed by atoms with Crippen molar-refractivity contribution >= 4 is 5.69 Å². The Morgan fingerprint density at radius 1 is 1.14 bits per heavy atom. The zero-order valence-corrected chi connectivity index (χ0v) is 16.4. The molecule has 1 aromatic heterocycles. The summed E-state index contributed by atoms with van der Waals surface area (Å²) in [5, 5.41) is 12.7. The Balaban J connectivity index is 1.38. The molecule has 1 aliphatic rings. The monoisotopic (exact) mass is 395 g/mol. The topological polar surface area (TPSA) is 61.5 Å². The van der Waals surface area contributed by atoms with Crippen molar-refractivity contribution in [3.63, 3.8) is 0 Å². The van der Waals surface area contributed by atoms with E-state index in [9.17, 15) is 9.50 Å². The van der Waals surface area contributed by atoms with E-state index in [1.807, 2.05) is 12.1 Å². The summed E-state index contributed by atoms with van der Waals surface area (Å²) < 4.78 is 19.2. The normalized spacial score (nSPS) is 15.5. The molecule has 2 heterocycles. The van der Waals surface area contributed by atoms with E-state index in [0.717, 1.165) is 38.2 Å². The van der Waals surface area contributed by atoms with Gasteiger partial charge in [-0.25, -0.2) is 9.37 Å². The molecule has 0 bridgehead atoms. The van der Waals surface area contributed by atoms with Gasteiger partial charge in [0.25, 0.3) is 0 Å². The number of para-hydroxylation sites is 1. The number of halogens is 1. The van der Waals surface area contributed by atoms with E-state index in [1.165, 1.54) is 17.7 Å². The maximum Gasteiger partial charge on any atom is 0.214 e. The number of nitrogens with one attached hydrogen (secondary N) is 1. The molecule has 3 aromatic rings.